The normalized spacial score (nSPS) is 21.3. The molecule has 0 aromatic heterocycles. The first-order chi connectivity index (χ1) is 36.9. The molecule has 2 N–H and O–H groups in total. The lowest BCUT2D eigenvalue weighted by molar-refractivity contribution is -0.385. The van der Waals surface area contributed by atoms with Gasteiger partial charge in [0.1, 0.15) is 35.6 Å². The lowest BCUT2D eigenvalue weighted by atomic mass is 9.55. The summed E-state index contributed by atoms with van der Waals surface area (Å²) in [4.78, 5) is 56.3. The SMILES string of the molecule is C=CCOC12Oc3ccc(Oc4cccc([N+](=O)[O-])c4)cc3C3C(CCCCO)C(CCCCO)C=C(C(=NOCc4ccc([N+](=O)[O-])cc4)CC1N(Cc1ccc4c(c1)OCO4)C(=O)Oc1ccc([N+](=O)[O-])cc1)C32. The number of amides is 1. The molecule has 5 aromatic rings. The molecule has 6 unspecified atom stereocenters. The number of hydrogen-bond donors (Lipinski definition) is 2. The fourth-order valence-electron chi connectivity index (χ4n) is 10.7. The lowest BCUT2D eigenvalue weighted by Gasteiger charge is -2.59. The number of non-ortho nitro benzene ring substituents is 3. The van der Waals surface area contributed by atoms with Gasteiger partial charge in [-0.15, -0.1) is 6.58 Å². The number of carbonyl (C=O) groups excluding carboxylic acids is 1. The van der Waals surface area contributed by atoms with Crippen LogP contribution in [0.4, 0.5) is 21.9 Å². The van der Waals surface area contributed by atoms with Crippen molar-refractivity contribution in [3.63, 3.8) is 0 Å². The van der Waals surface area contributed by atoms with Crippen molar-refractivity contribution in [2.45, 2.75) is 75.8 Å². The number of ether oxygens (including phenoxy) is 6. The van der Waals surface area contributed by atoms with Gasteiger partial charge in [-0.2, -0.15) is 0 Å². The molecule has 2 aliphatic heterocycles. The molecule has 6 atom stereocenters. The average Bonchev–Trinajstić information content (AvgIpc) is 3.91. The van der Waals surface area contributed by atoms with E-state index in [0.29, 0.717) is 89.5 Å². The van der Waals surface area contributed by atoms with E-state index in [2.05, 4.69) is 12.7 Å². The Bertz CT molecular complexity index is 3020. The van der Waals surface area contributed by atoms with Crippen molar-refractivity contribution in [1.29, 1.82) is 0 Å². The summed E-state index contributed by atoms with van der Waals surface area (Å²) in [6.07, 6.45) is 6.40. The van der Waals surface area contributed by atoms with Gasteiger partial charge in [-0.1, -0.05) is 42.3 Å². The molecule has 21 heteroatoms. The maximum Gasteiger partial charge on any atom is 0.416 e. The number of oxime groups is 1. The minimum atomic E-state index is -1.77. The number of nitrogens with zero attached hydrogens (tertiary/aromatic N) is 5. The zero-order valence-electron chi connectivity index (χ0n) is 41.2. The van der Waals surface area contributed by atoms with E-state index in [1.165, 1.54) is 59.5 Å². The van der Waals surface area contributed by atoms with Gasteiger partial charge < -0.3 is 43.5 Å². The smallest absolute Gasteiger partial charge is 0.416 e. The second kappa shape index (κ2) is 23.4. The Balaban J connectivity index is 1.24. The predicted octanol–water partition coefficient (Wildman–Crippen LogP) is 10.5. The Kier molecular flexibility index (Phi) is 16.2. The molecular weight excluding hydrogens is 987 g/mol. The standard InChI is InChI=1S/C55H55N5O16/c1-2-26-72-55-51(57(32-36-14-22-49-50(27-36)71-34-70-49)54(63)75-41-19-17-39(18-20-41)59(66)67)31-47(56-73-33-35-12-15-38(16-13-35)58(64)65)45-28-37(8-3-5-24-61)44(11-4-6-25-62)52(53(45)55)46-30-43(21-23-48(46)76-55)74-42-10-7-9-40(29-42)60(68)69/h2,7,9-10,12-23,27-30,37,44,51-53,61-62H,1,3-6,8,11,24-26,31-34H2. The highest BCUT2D eigenvalue weighted by Gasteiger charge is 2.66. The first-order valence-corrected chi connectivity index (χ1v) is 24.9. The van der Waals surface area contributed by atoms with Crippen LogP contribution in [0.1, 0.15) is 67.6 Å². The van der Waals surface area contributed by atoms with Crippen LogP contribution in [0.15, 0.2) is 139 Å². The molecule has 9 rings (SSSR count). The van der Waals surface area contributed by atoms with Crippen molar-refractivity contribution >= 4 is 28.9 Å². The van der Waals surface area contributed by atoms with Crippen molar-refractivity contribution in [2.75, 3.05) is 26.6 Å². The largest absolute Gasteiger partial charge is 0.459 e. The van der Waals surface area contributed by atoms with E-state index in [4.69, 9.17) is 38.4 Å². The van der Waals surface area contributed by atoms with Crippen molar-refractivity contribution < 1.29 is 63.0 Å². The third-order valence-corrected chi connectivity index (χ3v) is 14.1. The second-order valence-corrected chi connectivity index (χ2v) is 18.8. The van der Waals surface area contributed by atoms with Gasteiger partial charge in [0, 0.05) is 68.0 Å². The molecule has 5 aromatic carbocycles. The number of carbonyl (C=O) groups is 1. The van der Waals surface area contributed by atoms with E-state index in [-0.39, 0.29) is 86.6 Å². The minimum Gasteiger partial charge on any atom is -0.459 e. The Morgan fingerprint density at radius 2 is 1.42 bits per heavy atom. The van der Waals surface area contributed by atoms with Gasteiger partial charge >= 0.3 is 6.09 Å². The lowest BCUT2D eigenvalue weighted by Crippen LogP contribution is -2.70. The number of fused-ring (bicyclic) bond motifs is 3. The van der Waals surface area contributed by atoms with Crippen LogP contribution in [-0.2, 0) is 22.7 Å². The zero-order valence-corrected chi connectivity index (χ0v) is 41.2. The number of aliphatic hydroxyl groups excluding tert-OH is 2. The summed E-state index contributed by atoms with van der Waals surface area (Å²) < 4.78 is 38.3. The number of rotatable bonds is 23. The number of hydrogen-bond acceptors (Lipinski definition) is 17. The minimum absolute atomic E-state index is 0.00453. The zero-order chi connectivity index (χ0) is 53.3. The quantitative estimate of drug-likeness (QED) is 0.0266. The summed E-state index contributed by atoms with van der Waals surface area (Å²) in [6, 6.07) is 26.2. The van der Waals surface area contributed by atoms with E-state index in [9.17, 15) is 40.6 Å². The van der Waals surface area contributed by atoms with Gasteiger partial charge in [-0.05, 0) is 115 Å². The molecule has 21 nitrogen and oxygen atoms in total. The fraction of sp³-hybridized carbons (Fsp3) is 0.345. The van der Waals surface area contributed by atoms with E-state index >= 15 is 4.79 Å². The van der Waals surface area contributed by atoms with Gasteiger partial charge in [0.2, 0.25) is 12.6 Å². The Labute approximate surface area is 435 Å². The van der Waals surface area contributed by atoms with Gasteiger partial charge in [0.25, 0.3) is 17.1 Å². The third-order valence-electron chi connectivity index (χ3n) is 14.1. The summed E-state index contributed by atoms with van der Waals surface area (Å²) in [5, 5.41) is 59.9. The first kappa shape index (κ1) is 52.5. The molecule has 0 saturated heterocycles. The topological polar surface area (TPSA) is 267 Å². The number of allylic oxidation sites excluding steroid dienone is 1. The van der Waals surface area contributed by atoms with E-state index in [0.717, 1.165) is 0 Å². The second-order valence-electron chi connectivity index (χ2n) is 18.8. The average molecular weight is 1040 g/mol. The molecule has 4 aliphatic rings. The van der Waals surface area contributed by atoms with Crippen molar-refractivity contribution in [2.24, 2.45) is 22.9 Å². The van der Waals surface area contributed by atoms with E-state index in [1.807, 2.05) is 6.07 Å². The molecule has 396 valence electrons. The maximum atomic E-state index is 15.3. The molecule has 1 fully saturated rings. The van der Waals surface area contributed by atoms with Crippen LogP contribution in [0.25, 0.3) is 0 Å². The summed E-state index contributed by atoms with van der Waals surface area (Å²) in [5.74, 6) is -1.49. The van der Waals surface area contributed by atoms with Crippen LogP contribution in [0.5, 0.6) is 34.5 Å². The molecule has 0 bridgehead atoms. The highest BCUT2D eigenvalue weighted by atomic mass is 16.7. The Hall–Kier alpha value is -8.40. The van der Waals surface area contributed by atoms with Crippen LogP contribution in [0.2, 0.25) is 0 Å². The van der Waals surface area contributed by atoms with Crippen molar-refractivity contribution in [3.8, 4) is 34.5 Å². The first-order valence-electron chi connectivity index (χ1n) is 24.9. The van der Waals surface area contributed by atoms with Gasteiger partial charge in [0.05, 0.1) is 39.1 Å². The Morgan fingerprint density at radius 1 is 0.763 bits per heavy atom. The van der Waals surface area contributed by atoms with Crippen molar-refractivity contribution in [1.82, 2.24) is 4.90 Å². The van der Waals surface area contributed by atoms with Crippen LogP contribution < -0.4 is 23.7 Å². The van der Waals surface area contributed by atoms with Gasteiger partial charge in [-0.3, -0.25) is 35.2 Å². The molecule has 2 aliphatic carbocycles. The fourth-order valence-corrected chi connectivity index (χ4v) is 10.7. The number of unbranched alkanes of at least 4 members (excludes halogenated alkanes) is 2. The summed E-state index contributed by atoms with van der Waals surface area (Å²) in [6.45, 7) is 3.66. The molecule has 1 amide bonds. The number of nitro benzene ring substituents is 3. The molecule has 1 saturated carbocycles. The molecule has 2 heterocycles. The predicted molar refractivity (Wildman–Crippen MR) is 273 cm³/mol. The molecule has 0 radical (unpaired) electrons. The summed E-state index contributed by atoms with van der Waals surface area (Å²) in [5.41, 5.74) is 2.55. The van der Waals surface area contributed by atoms with Crippen LogP contribution in [-0.4, -0.2) is 80.1 Å². The van der Waals surface area contributed by atoms with E-state index < -0.39 is 44.5 Å². The Morgan fingerprint density at radius 3 is 2.13 bits per heavy atom. The number of benzene rings is 5. The molecule has 76 heavy (non-hydrogen) atoms. The highest BCUT2D eigenvalue weighted by Crippen LogP contribution is 2.62. The number of nitro groups is 3. The molecule has 0 spiro atoms. The highest BCUT2D eigenvalue weighted by molar-refractivity contribution is 6.03. The summed E-state index contributed by atoms with van der Waals surface area (Å²) >= 11 is 0. The van der Waals surface area contributed by atoms with Crippen LogP contribution in [0.3, 0.4) is 0 Å². The monoisotopic (exact) mass is 1040 g/mol. The van der Waals surface area contributed by atoms with Crippen molar-refractivity contribution in [3.05, 3.63) is 181 Å². The van der Waals surface area contributed by atoms with E-state index in [1.54, 1.807) is 54.6 Å². The maximum absolute atomic E-state index is 15.3. The van der Waals surface area contributed by atoms with Gasteiger partial charge in [0.15, 0.2) is 11.5 Å². The number of aliphatic hydroxyl groups is 2. The van der Waals surface area contributed by atoms with Crippen LogP contribution in [0, 0.1) is 48.1 Å². The third kappa shape index (κ3) is 11.3. The summed E-state index contributed by atoms with van der Waals surface area (Å²) in [7, 11) is 0. The van der Waals surface area contributed by atoms with Crippen LogP contribution >= 0.6 is 0 Å². The van der Waals surface area contributed by atoms with Gasteiger partial charge in [-0.25, -0.2) is 4.79 Å². The molecular formula is C55H55N5O16.